The Balaban J connectivity index is 1.74. The Morgan fingerprint density at radius 1 is 0.870 bits per heavy atom. The van der Waals surface area contributed by atoms with E-state index in [1.807, 2.05) is 12.1 Å². The predicted octanol–water partition coefficient (Wildman–Crippen LogP) is 5.47. The molecular weight excluding hydrogens is 280 g/mol. The first kappa shape index (κ1) is 15.7. The van der Waals surface area contributed by atoms with E-state index in [-0.39, 0.29) is 0 Å². The van der Waals surface area contributed by atoms with Crippen LogP contribution in [-0.2, 0) is 0 Å². The molecule has 0 aromatic heterocycles. The number of nitrogens with zero attached hydrogens (tertiary/aromatic N) is 1. The number of rotatable bonds is 6. The van der Waals surface area contributed by atoms with Crippen LogP contribution >= 0.6 is 0 Å². The summed E-state index contributed by atoms with van der Waals surface area (Å²) in [5.74, 6) is 1.74. The lowest BCUT2D eigenvalue weighted by Gasteiger charge is -2.30. The van der Waals surface area contributed by atoms with Crippen LogP contribution in [-0.4, -0.2) is 6.54 Å². The monoisotopic (exact) mass is 306 g/mol. The summed E-state index contributed by atoms with van der Waals surface area (Å²) in [4.78, 5) is 2.20. The SMILES string of the molecule is C=C(NCC1CCCCC1)N(c1ccccc1)c1ccccc1. The van der Waals surface area contributed by atoms with Crippen LogP contribution in [0.5, 0.6) is 0 Å². The lowest BCUT2D eigenvalue weighted by atomic mass is 9.89. The van der Waals surface area contributed by atoms with Crippen molar-refractivity contribution >= 4 is 11.4 Å². The van der Waals surface area contributed by atoms with Crippen molar-refractivity contribution in [3.63, 3.8) is 0 Å². The highest BCUT2D eigenvalue weighted by molar-refractivity contribution is 5.67. The van der Waals surface area contributed by atoms with Crippen LogP contribution in [0.4, 0.5) is 11.4 Å². The summed E-state index contributed by atoms with van der Waals surface area (Å²) in [5, 5.41) is 3.58. The van der Waals surface area contributed by atoms with Gasteiger partial charge in [0.1, 0.15) is 5.82 Å². The zero-order chi connectivity index (χ0) is 15.9. The molecule has 120 valence electrons. The number of nitrogens with one attached hydrogen (secondary N) is 1. The van der Waals surface area contributed by atoms with Crippen molar-refractivity contribution in [1.82, 2.24) is 5.32 Å². The molecule has 0 radical (unpaired) electrons. The highest BCUT2D eigenvalue weighted by atomic mass is 15.2. The molecule has 1 fully saturated rings. The smallest absolute Gasteiger partial charge is 0.103 e. The third-order valence-electron chi connectivity index (χ3n) is 4.62. The second-order valence-corrected chi connectivity index (χ2v) is 6.34. The summed E-state index contributed by atoms with van der Waals surface area (Å²) in [6, 6.07) is 20.9. The highest BCUT2D eigenvalue weighted by Crippen LogP contribution is 2.28. The first-order chi connectivity index (χ1) is 11.3. The molecule has 0 unspecified atom stereocenters. The fraction of sp³-hybridized carbons (Fsp3) is 0.333. The molecule has 1 N–H and O–H groups in total. The Morgan fingerprint density at radius 2 is 1.39 bits per heavy atom. The number of hydrogen-bond acceptors (Lipinski definition) is 2. The Bertz CT molecular complexity index is 561. The van der Waals surface area contributed by atoms with Gasteiger partial charge in [0.15, 0.2) is 0 Å². The number of anilines is 2. The van der Waals surface area contributed by atoms with Gasteiger partial charge in [-0.15, -0.1) is 0 Å². The molecular formula is C21H26N2. The average Bonchev–Trinajstić information content (AvgIpc) is 2.63. The summed E-state index contributed by atoms with van der Waals surface area (Å²) >= 11 is 0. The lowest BCUT2D eigenvalue weighted by molar-refractivity contribution is 0.350. The quantitative estimate of drug-likeness (QED) is 0.761. The topological polar surface area (TPSA) is 15.3 Å². The fourth-order valence-corrected chi connectivity index (χ4v) is 3.35. The third kappa shape index (κ3) is 4.16. The molecule has 0 bridgehead atoms. The maximum absolute atomic E-state index is 4.31. The molecule has 0 amide bonds. The molecule has 0 saturated heterocycles. The lowest BCUT2D eigenvalue weighted by Crippen LogP contribution is -2.31. The Hall–Kier alpha value is -2.22. The standard InChI is InChI=1S/C21H26N2/c1-18(22-17-19-11-5-2-6-12-19)23(20-13-7-3-8-14-20)21-15-9-4-10-16-21/h3-4,7-10,13-16,19,22H,1-2,5-6,11-12,17H2. The molecule has 1 aliphatic carbocycles. The van der Waals surface area contributed by atoms with Gasteiger partial charge in [0.05, 0.1) is 0 Å². The van der Waals surface area contributed by atoms with Gasteiger partial charge in [0, 0.05) is 17.9 Å². The van der Waals surface area contributed by atoms with E-state index in [2.05, 4.69) is 65.3 Å². The molecule has 0 heterocycles. The summed E-state index contributed by atoms with van der Waals surface area (Å²) < 4.78 is 0. The molecule has 2 aromatic rings. The van der Waals surface area contributed by atoms with Gasteiger partial charge in [0.2, 0.25) is 0 Å². The molecule has 3 rings (SSSR count). The number of para-hydroxylation sites is 2. The van der Waals surface area contributed by atoms with Crippen LogP contribution < -0.4 is 10.2 Å². The Kier molecular flexibility index (Phi) is 5.36. The molecule has 0 spiro atoms. The summed E-state index contributed by atoms with van der Waals surface area (Å²) in [6.45, 7) is 5.33. The van der Waals surface area contributed by atoms with E-state index in [1.165, 1.54) is 32.1 Å². The third-order valence-corrected chi connectivity index (χ3v) is 4.62. The van der Waals surface area contributed by atoms with Crippen LogP contribution in [0.15, 0.2) is 73.1 Å². The van der Waals surface area contributed by atoms with E-state index in [4.69, 9.17) is 0 Å². The maximum atomic E-state index is 4.31. The second-order valence-electron chi connectivity index (χ2n) is 6.34. The van der Waals surface area contributed by atoms with E-state index in [1.54, 1.807) is 0 Å². The highest BCUT2D eigenvalue weighted by Gasteiger charge is 2.16. The number of benzene rings is 2. The van der Waals surface area contributed by atoms with Crippen molar-refractivity contribution in [2.75, 3.05) is 11.4 Å². The summed E-state index contributed by atoms with van der Waals surface area (Å²) in [5.41, 5.74) is 2.28. The van der Waals surface area contributed by atoms with Crippen molar-refractivity contribution in [3.8, 4) is 0 Å². The fourth-order valence-electron chi connectivity index (χ4n) is 3.35. The van der Waals surface area contributed by atoms with Gasteiger partial charge in [0.25, 0.3) is 0 Å². The van der Waals surface area contributed by atoms with Gasteiger partial charge in [-0.2, -0.15) is 0 Å². The zero-order valence-electron chi connectivity index (χ0n) is 13.7. The largest absolute Gasteiger partial charge is 0.371 e. The minimum absolute atomic E-state index is 0.786. The van der Waals surface area contributed by atoms with Gasteiger partial charge in [-0.1, -0.05) is 62.2 Å². The van der Waals surface area contributed by atoms with E-state index in [9.17, 15) is 0 Å². The second kappa shape index (κ2) is 7.87. The van der Waals surface area contributed by atoms with E-state index in [0.717, 1.165) is 29.7 Å². The Labute approximate surface area is 139 Å². The first-order valence-corrected chi connectivity index (χ1v) is 8.67. The number of hydrogen-bond donors (Lipinski definition) is 1. The van der Waals surface area contributed by atoms with Gasteiger partial charge in [-0.3, -0.25) is 4.90 Å². The molecule has 23 heavy (non-hydrogen) atoms. The van der Waals surface area contributed by atoms with Gasteiger partial charge in [-0.05, 0) is 43.0 Å². The minimum Gasteiger partial charge on any atom is -0.371 e. The summed E-state index contributed by atoms with van der Waals surface area (Å²) in [6.07, 6.45) is 6.84. The van der Waals surface area contributed by atoms with E-state index < -0.39 is 0 Å². The molecule has 2 nitrogen and oxygen atoms in total. The van der Waals surface area contributed by atoms with Crippen LogP contribution in [0.3, 0.4) is 0 Å². The van der Waals surface area contributed by atoms with E-state index >= 15 is 0 Å². The van der Waals surface area contributed by atoms with Gasteiger partial charge in [-0.25, -0.2) is 0 Å². The maximum Gasteiger partial charge on any atom is 0.103 e. The van der Waals surface area contributed by atoms with Crippen LogP contribution in [0.25, 0.3) is 0 Å². The van der Waals surface area contributed by atoms with Crippen molar-refractivity contribution in [3.05, 3.63) is 73.1 Å². The molecule has 1 saturated carbocycles. The van der Waals surface area contributed by atoms with E-state index in [0.29, 0.717) is 0 Å². The zero-order valence-corrected chi connectivity index (χ0v) is 13.7. The predicted molar refractivity (Wildman–Crippen MR) is 98.7 cm³/mol. The molecule has 1 aliphatic rings. The van der Waals surface area contributed by atoms with Crippen LogP contribution in [0.1, 0.15) is 32.1 Å². The normalized spacial score (nSPS) is 15.1. The van der Waals surface area contributed by atoms with Crippen molar-refractivity contribution in [2.24, 2.45) is 5.92 Å². The van der Waals surface area contributed by atoms with Crippen molar-refractivity contribution in [1.29, 1.82) is 0 Å². The summed E-state index contributed by atoms with van der Waals surface area (Å²) in [7, 11) is 0. The van der Waals surface area contributed by atoms with Crippen molar-refractivity contribution < 1.29 is 0 Å². The van der Waals surface area contributed by atoms with Crippen molar-refractivity contribution in [2.45, 2.75) is 32.1 Å². The van der Waals surface area contributed by atoms with Gasteiger partial charge >= 0.3 is 0 Å². The Morgan fingerprint density at radius 3 is 1.91 bits per heavy atom. The van der Waals surface area contributed by atoms with Crippen LogP contribution in [0.2, 0.25) is 0 Å². The van der Waals surface area contributed by atoms with Gasteiger partial charge < -0.3 is 5.32 Å². The minimum atomic E-state index is 0.786. The first-order valence-electron chi connectivity index (χ1n) is 8.67. The average molecular weight is 306 g/mol. The molecule has 0 aliphatic heterocycles. The van der Waals surface area contributed by atoms with Crippen LogP contribution in [0, 0.1) is 5.92 Å². The molecule has 2 aromatic carbocycles. The molecule has 0 atom stereocenters. The molecule has 2 heteroatoms.